The summed E-state index contributed by atoms with van der Waals surface area (Å²) < 4.78 is 0. The van der Waals surface area contributed by atoms with Gasteiger partial charge in [-0.3, -0.25) is 0 Å². The summed E-state index contributed by atoms with van der Waals surface area (Å²) >= 11 is 1.51. The first-order valence-electron chi connectivity index (χ1n) is 6.29. The Morgan fingerprint density at radius 1 is 1.42 bits per heavy atom. The van der Waals surface area contributed by atoms with E-state index in [1.54, 1.807) is 5.51 Å². The molecule has 1 heterocycles. The van der Waals surface area contributed by atoms with E-state index in [1.165, 1.54) is 11.3 Å². The number of rotatable bonds is 5. The number of carboxylic acids is 1. The molecular formula is C12H17N3O3S. The Balaban J connectivity index is 1.78. The van der Waals surface area contributed by atoms with Crippen molar-refractivity contribution in [3.8, 4) is 0 Å². The Bertz CT molecular complexity index is 441. The normalized spacial score (nSPS) is 17.1. The van der Waals surface area contributed by atoms with E-state index in [4.69, 9.17) is 0 Å². The van der Waals surface area contributed by atoms with Gasteiger partial charge in [-0.15, -0.1) is 11.3 Å². The highest BCUT2D eigenvalue weighted by molar-refractivity contribution is 7.07. The Morgan fingerprint density at radius 2 is 2.16 bits per heavy atom. The second-order valence-electron chi connectivity index (χ2n) is 4.71. The number of carbonyl (C=O) groups excluding carboxylic acids is 1. The molecule has 1 saturated carbocycles. The van der Waals surface area contributed by atoms with Crippen molar-refractivity contribution >= 4 is 23.3 Å². The summed E-state index contributed by atoms with van der Waals surface area (Å²) in [7, 11) is 0. The van der Waals surface area contributed by atoms with Gasteiger partial charge in [0, 0.05) is 18.3 Å². The molecule has 6 nitrogen and oxygen atoms in total. The number of carbonyl (C=O) groups is 2. The molecule has 1 fully saturated rings. The third-order valence-electron chi connectivity index (χ3n) is 3.37. The molecule has 1 aromatic heterocycles. The van der Waals surface area contributed by atoms with Gasteiger partial charge in [0.1, 0.15) is 5.54 Å². The predicted molar refractivity (Wildman–Crippen MR) is 71.2 cm³/mol. The van der Waals surface area contributed by atoms with E-state index in [-0.39, 0.29) is 0 Å². The Morgan fingerprint density at radius 3 is 2.74 bits per heavy atom. The molecule has 2 rings (SSSR count). The first-order chi connectivity index (χ1) is 9.12. The highest BCUT2D eigenvalue weighted by Gasteiger charge is 2.42. The van der Waals surface area contributed by atoms with Gasteiger partial charge in [0.2, 0.25) is 0 Å². The van der Waals surface area contributed by atoms with E-state index in [2.05, 4.69) is 15.6 Å². The lowest BCUT2D eigenvalue weighted by Crippen LogP contribution is -2.55. The molecule has 3 N–H and O–H groups in total. The minimum atomic E-state index is -1.08. The van der Waals surface area contributed by atoms with Gasteiger partial charge >= 0.3 is 12.0 Å². The van der Waals surface area contributed by atoms with Crippen molar-refractivity contribution < 1.29 is 14.7 Å². The van der Waals surface area contributed by atoms with Crippen LogP contribution in [-0.2, 0) is 11.2 Å². The quantitative estimate of drug-likeness (QED) is 0.761. The Kier molecular flexibility index (Phi) is 4.36. The maximum Gasteiger partial charge on any atom is 0.329 e. The van der Waals surface area contributed by atoms with E-state index in [0.29, 0.717) is 25.8 Å². The molecular weight excluding hydrogens is 266 g/mol. The first-order valence-corrected chi connectivity index (χ1v) is 7.23. The first kappa shape index (κ1) is 13.8. The second kappa shape index (κ2) is 6.01. The van der Waals surface area contributed by atoms with E-state index >= 15 is 0 Å². The number of hydrogen-bond acceptors (Lipinski definition) is 4. The summed E-state index contributed by atoms with van der Waals surface area (Å²) in [5.74, 6) is -0.945. The lowest BCUT2D eigenvalue weighted by Gasteiger charge is -2.25. The number of aliphatic carboxylic acids is 1. The van der Waals surface area contributed by atoms with Crippen LogP contribution in [0.3, 0.4) is 0 Å². The highest BCUT2D eigenvalue weighted by atomic mass is 32.1. The number of urea groups is 1. The third kappa shape index (κ3) is 3.44. The number of amides is 2. The zero-order valence-corrected chi connectivity index (χ0v) is 11.3. The smallest absolute Gasteiger partial charge is 0.329 e. The van der Waals surface area contributed by atoms with Gasteiger partial charge in [0.15, 0.2) is 0 Å². The molecule has 104 valence electrons. The number of nitrogens with one attached hydrogen (secondary N) is 2. The van der Waals surface area contributed by atoms with Gasteiger partial charge in [0.05, 0.1) is 11.2 Å². The average Bonchev–Trinajstić information content (AvgIpc) is 3.00. The van der Waals surface area contributed by atoms with Crippen molar-refractivity contribution in [3.63, 3.8) is 0 Å². The maximum atomic E-state index is 11.7. The molecule has 0 saturated heterocycles. The highest BCUT2D eigenvalue weighted by Crippen LogP contribution is 2.29. The van der Waals surface area contributed by atoms with Crippen LogP contribution in [0.15, 0.2) is 10.9 Å². The summed E-state index contributed by atoms with van der Waals surface area (Å²) in [6, 6.07) is -0.417. The maximum absolute atomic E-state index is 11.7. The Hall–Kier alpha value is -1.63. The van der Waals surface area contributed by atoms with Crippen molar-refractivity contribution in [3.05, 3.63) is 16.6 Å². The van der Waals surface area contributed by atoms with Crippen molar-refractivity contribution in [2.75, 3.05) is 6.54 Å². The van der Waals surface area contributed by atoms with Crippen molar-refractivity contribution in [1.82, 2.24) is 15.6 Å². The van der Waals surface area contributed by atoms with Gasteiger partial charge in [0.25, 0.3) is 0 Å². The second-order valence-corrected chi connectivity index (χ2v) is 5.42. The summed E-state index contributed by atoms with van der Waals surface area (Å²) in [5.41, 5.74) is 1.59. The van der Waals surface area contributed by atoms with Gasteiger partial charge < -0.3 is 15.7 Å². The lowest BCUT2D eigenvalue weighted by molar-refractivity contribution is -0.144. The van der Waals surface area contributed by atoms with Crippen molar-refractivity contribution in [2.24, 2.45) is 0 Å². The molecule has 0 radical (unpaired) electrons. The fourth-order valence-corrected chi connectivity index (χ4v) is 2.89. The van der Waals surface area contributed by atoms with Crippen molar-refractivity contribution in [1.29, 1.82) is 0 Å². The number of hydrogen-bond donors (Lipinski definition) is 3. The molecule has 19 heavy (non-hydrogen) atoms. The molecule has 0 aliphatic heterocycles. The molecule has 1 aliphatic carbocycles. The number of thiazole rings is 1. The third-order valence-corrected chi connectivity index (χ3v) is 4.00. The van der Waals surface area contributed by atoms with Crippen LogP contribution >= 0.6 is 11.3 Å². The lowest BCUT2D eigenvalue weighted by atomic mass is 9.98. The van der Waals surface area contributed by atoms with Crippen LogP contribution in [0.1, 0.15) is 31.4 Å². The van der Waals surface area contributed by atoms with Crippen LogP contribution < -0.4 is 10.6 Å². The van der Waals surface area contributed by atoms with E-state index in [0.717, 1.165) is 18.5 Å². The summed E-state index contributed by atoms with van der Waals surface area (Å²) in [5, 5.41) is 16.4. The zero-order valence-electron chi connectivity index (χ0n) is 10.5. The minimum absolute atomic E-state index is 0.417. The van der Waals surface area contributed by atoms with Gasteiger partial charge in [-0.25, -0.2) is 14.6 Å². The van der Waals surface area contributed by atoms with Gasteiger partial charge in [-0.05, 0) is 12.8 Å². The standard InChI is InChI=1S/C12H17N3O3S/c16-10(17)12(4-1-2-5-12)15-11(18)13-6-3-9-7-19-8-14-9/h7-8H,1-6H2,(H,16,17)(H2,13,15,18). The van der Waals surface area contributed by atoms with Gasteiger partial charge in [-0.2, -0.15) is 0 Å². The number of aromatic nitrogens is 1. The summed E-state index contributed by atoms with van der Waals surface area (Å²) in [6.07, 6.45) is 3.33. The number of carboxylic acid groups (broad SMARTS) is 1. The topological polar surface area (TPSA) is 91.3 Å². The SMILES string of the molecule is O=C(NCCc1cscn1)NC1(C(=O)O)CCCC1. The molecule has 2 amide bonds. The van der Waals surface area contributed by atoms with E-state index in [1.807, 2.05) is 5.38 Å². The summed E-state index contributed by atoms with van der Waals surface area (Å²) in [6.45, 7) is 0.450. The van der Waals surface area contributed by atoms with Crippen LogP contribution in [0.25, 0.3) is 0 Å². The largest absolute Gasteiger partial charge is 0.480 e. The van der Waals surface area contributed by atoms with Crippen LogP contribution in [0.5, 0.6) is 0 Å². The monoisotopic (exact) mass is 283 g/mol. The summed E-state index contributed by atoms with van der Waals surface area (Å²) in [4.78, 5) is 27.1. The molecule has 0 atom stereocenters. The fourth-order valence-electron chi connectivity index (χ4n) is 2.30. The van der Waals surface area contributed by atoms with E-state index < -0.39 is 17.5 Å². The molecule has 7 heteroatoms. The number of nitrogens with zero attached hydrogens (tertiary/aromatic N) is 1. The van der Waals surface area contributed by atoms with Crippen LogP contribution in [0.4, 0.5) is 4.79 Å². The molecule has 0 bridgehead atoms. The fraction of sp³-hybridized carbons (Fsp3) is 0.583. The minimum Gasteiger partial charge on any atom is -0.480 e. The average molecular weight is 283 g/mol. The van der Waals surface area contributed by atoms with E-state index in [9.17, 15) is 14.7 Å². The van der Waals surface area contributed by atoms with Crippen molar-refractivity contribution in [2.45, 2.75) is 37.6 Å². The van der Waals surface area contributed by atoms with Crippen LogP contribution in [-0.4, -0.2) is 34.2 Å². The molecule has 1 aromatic rings. The van der Waals surface area contributed by atoms with Crippen LogP contribution in [0, 0.1) is 0 Å². The van der Waals surface area contributed by atoms with Crippen LogP contribution in [0.2, 0.25) is 0 Å². The molecule has 0 aromatic carbocycles. The molecule has 0 unspecified atom stereocenters. The van der Waals surface area contributed by atoms with Gasteiger partial charge in [-0.1, -0.05) is 12.8 Å². The zero-order chi connectivity index (χ0) is 13.7. The Labute approximate surface area is 115 Å². The molecule has 1 aliphatic rings. The molecule has 0 spiro atoms. The predicted octanol–water partition coefficient (Wildman–Crippen LogP) is 1.38.